The van der Waals surface area contributed by atoms with Gasteiger partial charge >= 0.3 is 0 Å². The second kappa shape index (κ2) is 8.19. The minimum Gasteiger partial charge on any atom is -0.508 e. The normalized spacial score (nSPS) is 21.0. The van der Waals surface area contributed by atoms with Crippen molar-refractivity contribution in [3.8, 4) is 5.75 Å². The molecular weight excluding hydrogens is 370 g/mol. The molecule has 1 amide bonds. The van der Waals surface area contributed by atoms with Crippen molar-refractivity contribution < 1.29 is 9.90 Å². The number of phenolic OH excluding ortho intramolecular Hbond substituents is 1. The molecule has 28 heavy (non-hydrogen) atoms. The number of aryl methyl sites for hydroxylation is 1. The average molecular weight is 394 g/mol. The van der Waals surface area contributed by atoms with Gasteiger partial charge in [0.05, 0.1) is 4.91 Å². The first-order valence-electron chi connectivity index (χ1n) is 9.65. The van der Waals surface area contributed by atoms with Gasteiger partial charge in [0.25, 0.3) is 5.91 Å². The first-order valence-corrected chi connectivity index (χ1v) is 10.5. The fourth-order valence-corrected chi connectivity index (χ4v) is 4.68. The van der Waals surface area contributed by atoms with Crippen molar-refractivity contribution in [1.29, 1.82) is 0 Å². The van der Waals surface area contributed by atoms with Gasteiger partial charge in [0, 0.05) is 11.7 Å². The van der Waals surface area contributed by atoms with Gasteiger partial charge in [0.2, 0.25) is 0 Å². The lowest BCUT2D eigenvalue weighted by Crippen LogP contribution is -2.40. The van der Waals surface area contributed by atoms with Crippen LogP contribution in [0, 0.1) is 6.92 Å². The summed E-state index contributed by atoms with van der Waals surface area (Å²) in [5, 5.41) is 10.2. The number of phenols is 1. The van der Waals surface area contributed by atoms with Crippen molar-refractivity contribution in [2.45, 2.75) is 45.1 Å². The van der Waals surface area contributed by atoms with Gasteiger partial charge in [-0.1, -0.05) is 37.5 Å². The van der Waals surface area contributed by atoms with Crippen LogP contribution in [0.15, 0.2) is 52.4 Å². The van der Waals surface area contributed by atoms with Crippen molar-refractivity contribution in [3.05, 3.63) is 58.6 Å². The van der Waals surface area contributed by atoms with Gasteiger partial charge in [0.15, 0.2) is 11.0 Å². The summed E-state index contributed by atoms with van der Waals surface area (Å²) in [7, 11) is 0. The molecule has 144 valence electrons. The van der Waals surface area contributed by atoms with E-state index in [2.05, 4.69) is 4.98 Å². The topological polar surface area (TPSA) is 65.8 Å². The lowest BCUT2D eigenvalue weighted by molar-refractivity contribution is -0.124. The highest BCUT2D eigenvalue weighted by atomic mass is 32.2. The van der Waals surface area contributed by atoms with E-state index in [1.54, 1.807) is 24.3 Å². The Morgan fingerprint density at radius 2 is 1.89 bits per heavy atom. The van der Waals surface area contributed by atoms with Gasteiger partial charge in [-0.3, -0.25) is 9.69 Å². The molecule has 1 saturated heterocycles. The van der Waals surface area contributed by atoms with Crippen LogP contribution < -0.4 is 0 Å². The minimum atomic E-state index is 0.0105. The number of aromatic hydroxyl groups is 1. The van der Waals surface area contributed by atoms with E-state index in [4.69, 9.17) is 4.99 Å². The molecule has 1 N–H and O–H groups in total. The Bertz CT molecular complexity index is 931. The number of amides is 1. The van der Waals surface area contributed by atoms with Gasteiger partial charge in [-0.05, 0) is 67.4 Å². The van der Waals surface area contributed by atoms with Gasteiger partial charge in [0.1, 0.15) is 5.75 Å². The molecule has 0 unspecified atom stereocenters. The highest BCUT2D eigenvalue weighted by molar-refractivity contribution is 8.18. The van der Waals surface area contributed by atoms with E-state index in [-0.39, 0.29) is 17.7 Å². The number of nitrogens with zero attached hydrogens (tertiary/aromatic N) is 3. The van der Waals surface area contributed by atoms with Crippen LogP contribution in [0.1, 0.15) is 43.4 Å². The number of aromatic nitrogens is 1. The van der Waals surface area contributed by atoms with Crippen LogP contribution in [0.5, 0.6) is 5.75 Å². The third-order valence-electron chi connectivity index (χ3n) is 5.05. The first kappa shape index (κ1) is 18.7. The molecule has 0 radical (unpaired) electrons. The molecule has 1 aromatic heterocycles. The Labute approximate surface area is 169 Å². The van der Waals surface area contributed by atoms with Crippen molar-refractivity contribution >= 4 is 34.7 Å². The Kier molecular flexibility index (Phi) is 5.48. The van der Waals surface area contributed by atoms with Gasteiger partial charge in [-0.25, -0.2) is 9.98 Å². The summed E-state index contributed by atoms with van der Waals surface area (Å²) in [5.74, 6) is 0.850. The number of hydrogen-bond donors (Lipinski definition) is 1. The second-order valence-corrected chi connectivity index (χ2v) is 8.21. The molecule has 1 aliphatic heterocycles. The maximum Gasteiger partial charge on any atom is 0.267 e. The fraction of sp³-hybridized carbons (Fsp3) is 0.318. The molecule has 5 nitrogen and oxygen atoms in total. The molecule has 1 aliphatic carbocycles. The molecule has 0 atom stereocenters. The van der Waals surface area contributed by atoms with Crippen LogP contribution in [-0.2, 0) is 4.79 Å². The second-order valence-electron chi connectivity index (χ2n) is 7.20. The van der Waals surface area contributed by atoms with Crippen LogP contribution in [0.3, 0.4) is 0 Å². The Hall–Kier alpha value is -2.60. The lowest BCUT2D eigenvalue weighted by atomic mass is 9.94. The number of carbonyl (C=O) groups excluding carboxylic acids is 1. The Balaban J connectivity index is 1.69. The summed E-state index contributed by atoms with van der Waals surface area (Å²) in [6, 6.07) is 12.8. The van der Waals surface area contributed by atoms with Crippen LogP contribution in [-0.4, -0.2) is 32.1 Å². The quantitative estimate of drug-likeness (QED) is 0.743. The molecule has 1 aromatic carbocycles. The van der Waals surface area contributed by atoms with Gasteiger partial charge in [-0.15, -0.1) is 0 Å². The number of rotatable bonds is 3. The van der Waals surface area contributed by atoms with Crippen LogP contribution in [0.2, 0.25) is 0 Å². The average Bonchev–Trinajstić information content (AvgIpc) is 2.99. The molecule has 2 fully saturated rings. The monoisotopic (exact) mass is 393 g/mol. The third-order valence-corrected chi connectivity index (χ3v) is 6.03. The molecule has 6 heteroatoms. The minimum absolute atomic E-state index is 0.0105. The number of benzene rings is 1. The van der Waals surface area contributed by atoms with Crippen molar-refractivity contribution in [2.24, 2.45) is 4.99 Å². The van der Waals surface area contributed by atoms with Crippen LogP contribution >= 0.6 is 11.8 Å². The summed E-state index contributed by atoms with van der Waals surface area (Å²) in [4.78, 5) is 25.0. The molecule has 4 rings (SSSR count). The van der Waals surface area contributed by atoms with Crippen molar-refractivity contribution in [2.75, 3.05) is 0 Å². The molecular formula is C22H23N3O2S. The molecule has 1 saturated carbocycles. The molecule has 0 bridgehead atoms. The van der Waals surface area contributed by atoms with Crippen molar-refractivity contribution in [1.82, 2.24) is 9.88 Å². The Morgan fingerprint density at radius 1 is 1.14 bits per heavy atom. The number of aliphatic imine (C=N–C) groups is 1. The predicted molar refractivity (Wildman–Crippen MR) is 113 cm³/mol. The molecule has 2 aromatic rings. The standard InChI is InChI=1S/C22H23N3O2S/c1-15-6-5-9-20(23-15)24-22-25(17-7-3-2-4-8-17)21(27)19(28-22)14-16-10-12-18(26)13-11-16/h5-6,9-14,17,26H,2-4,7-8H2,1H3/b19-14-,24-22+. The highest BCUT2D eigenvalue weighted by Gasteiger charge is 2.38. The zero-order valence-corrected chi connectivity index (χ0v) is 16.7. The zero-order valence-electron chi connectivity index (χ0n) is 15.8. The van der Waals surface area contributed by atoms with E-state index in [1.165, 1.54) is 18.2 Å². The van der Waals surface area contributed by atoms with Crippen LogP contribution in [0.25, 0.3) is 6.08 Å². The predicted octanol–water partition coefficient (Wildman–Crippen LogP) is 5.03. The number of pyridine rings is 1. The number of amidine groups is 1. The third kappa shape index (κ3) is 4.12. The van der Waals surface area contributed by atoms with E-state index in [1.807, 2.05) is 36.1 Å². The van der Waals surface area contributed by atoms with Gasteiger partial charge in [-0.2, -0.15) is 0 Å². The van der Waals surface area contributed by atoms with Crippen LogP contribution in [0.4, 0.5) is 5.82 Å². The number of thioether (sulfide) groups is 1. The summed E-state index contributed by atoms with van der Waals surface area (Å²) in [6.45, 7) is 1.94. The van der Waals surface area contributed by atoms with E-state index in [0.717, 1.165) is 36.9 Å². The zero-order chi connectivity index (χ0) is 19.5. The maximum absolute atomic E-state index is 13.2. The van der Waals surface area contributed by atoms with E-state index < -0.39 is 0 Å². The summed E-state index contributed by atoms with van der Waals surface area (Å²) < 4.78 is 0. The lowest BCUT2D eigenvalue weighted by Gasteiger charge is -2.30. The molecule has 2 heterocycles. The molecule has 2 aliphatic rings. The van der Waals surface area contributed by atoms with E-state index >= 15 is 0 Å². The largest absolute Gasteiger partial charge is 0.508 e. The number of hydrogen-bond acceptors (Lipinski definition) is 5. The number of carbonyl (C=O) groups is 1. The van der Waals surface area contributed by atoms with Gasteiger partial charge < -0.3 is 5.11 Å². The highest BCUT2D eigenvalue weighted by Crippen LogP contribution is 2.38. The molecule has 0 spiro atoms. The fourth-order valence-electron chi connectivity index (χ4n) is 3.64. The summed E-state index contributed by atoms with van der Waals surface area (Å²) in [6.07, 6.45) is 7.42. The maximum atomic E-state index is 13.2. The Morgan fingerprint density at radius 3 is 2.61 bits per heavy atom. The smallest absolute Gasteiger partial charge is 0.267 e. The van der Waals surface area contributed by atoms with Crippen molar-refractivity contribution in [3.63, 3.8) is 0 Å². The van der Waals surface area contributed by atoms with E-state index in [9.17, 15) is 9.90 Å². The SMILES string of the molecule is Cc1cccc(/N=C2/S/C(=C\c3ccc(O)cc3)C(=O)N2C2CCCCC2)n1. The summed E-state index contributed by atoms with van der Waals surface area (Å²) in [5.41, 5.74) is 1.78. The summed E-state index contributed by atoms with van der Waals surface area (Å²) >= 11 is 1.41. The van der Waals surface area contributed by atoms with E-state index in [0.29, 0.717) is 15.9 Å². The first-order chi connectivity index (χ1) is 13.6.